The molecule has 0 bridgehead atoms. The van der Waals surface area contributed by atoms with Crippen LogP contribution in [0.1, 0.15) is 11.1 Å². The number of nitrogens with one attached hydrogen (secondary N) is 1. The van der Waals surface area contributed by atoms with Gasteiger partial charge in [-0.2, -0.15) is 13.2 Å². The van der Waals surface area contributed by atoms with Crippen LogP contribution in [0.15, 0.2) is 45.8 Å². The first kappa shape index (κ1) is 18.1. The minimum atomic E-state index is -4.67. The number of sulfonamides is 1. The molecule has 0 aliphatic heterocycles. The van der Waals surface area contributed by atoms with E-state index >= 15 is 0 Å². The van der Waals surface area contributed by atoms with Crippen LogP contribution < -0.4 is 4.72 Å². The van der Waals surface area contributed by atoms with Crippen LogP contribution >= 0.6 is 27.5 Å². The van der Waals surface area contributed by atoms with Crippen molar-refractivity contribution in [2.45, 2.75) is 18.0 Å². The van der Waals surface area contributed by atoms with Gasteiger partial charge in [0.25, 0.3) is 10.0 Å². The molecule has 0 heterocycles. The van der Waals surface area contributed by atoms with E-state index in [2.05, 4.69) is 20.7 Å². The first-order valence-electron chi connectivity index (χ1n) is 6.17. The van der Waals surface area contributed by atoms with Crippen molar-refractivity contribution >= 4 is 43.2 Å². The Hall–Kier alpha value is -1.25. The molecule has 1 N–H and O–H groups in total. The largest absolute Gasteiger partial charge is 0.417 e. The zero-order valence-corrected chi connectivity index (χ0v) is 14.7. The molecule has 3 nitrogen and oxygen atoms in total. The van der Waals surface area contributed by atoms with Gasteiger partial charge in [0.15, 0.2) is 0 Å². The van der Waals surface area contributed by atoms with Crippen LogP contribution in [0.2, 0.25) is 5.02 Å². The first-order chi connectivity index (χ1) is 10.5. The molecule has 0 radical (unpaired) electrons. The summed E-state index contributed by atoms with van der Waals surface area (Å²) < 4.78 is 65.3. The van der Waals surface area contributed by atoms with Crippen LogP contribution in [0.4, 0.5) is 18.9 Å². The lowest BCUT2D eigenvalue weighted by atomic mass is 10.2. The summed E-state index contributed by atoms with van der Waals surface area (Å²) in [5.74, 6) is 0. The van der Waals surface area contributed by atoms with Crippen LogP contribution in [0.25, 0.3) is 0 Å². The monoisotopic (exact) mass is 427 g/mol. The molecule has 0 saturated heterocycles. The van der Waals surface area contributed by atoms with E-state index in [4.69, 9.17) is 11.6 Å². The predicted molar refractivity (Wildman–Crippen MR) is 86.1 cm³/mol. The molecule has 0 aromatic heterocycles. The highest BCUT2D eigenvalue weighted by Gasteiger charge is 2.34. The Labute approximate surface area is 144 Å². The summed E-state index contributed by atoms with van der Waals surface area (Å²) in [4.78, 5) is -0.493. The summed E-state index contributed by atoms with van der Waals surface area (Å²) >= 11 is 8.67. The second kappa shape index (κ2) is 6.33. The number of rotatable bonds is 3. The highest BCUT2D eigenvalue weighted by molar-refractivity contribution is 9.10. The Morgan fingerprint density at radius 1 is 1.17 bits per heavy atom. The fraction of sp³-hybridized carbons (Fsp3) is 0.143. The number of anilines is 1. The Morgan fingerprint density at radius 2 is 1.83 bits per heavy atom. The molecular formula is C14H10BrClF3NO2S. The van der Waals surface area contributed by atoms with Gasteiger partial charge in [-0.25, -0.2) is 8.42 Å². The van der Waals surface area contributed by atoms with E-state index in [1.165, 1.54) is 12.1 Å². The molecule has 23 heavy (non-hydrogen) atoms. The van der Waals surface area contributed by atoms with Gasteiger partial charge >= 0.3 is 6.18 Å². The van der Waals surface area contributed by atoms with Gasteiger partial charge in [0.05, 0.1) is 16.1 Å². The van der Waals surface area contributed by atoms with Crippen molar-refractivity contribution in [2.75, 3.05) is 4.72 Å². The third-order valence-corrected chi connectivity index (χ3v) is 5.53. The van der Waals surface area contributed by atoms with Gasteiger partial charge in [-0.05, 0) is 42.8 Å². The molecule has 0 amide bonds. The lowest BCUT2D eigenvalue weighted by Crippen LogP contribution is -2.15. The van der Waals surface area contributed by atoms with Gasteiger partial charge in [0.1, 0.15) is 0 Å². The predicted octanol–water partition coefficient (Wildman–Crippen LogP) is 5.23. The number of benzene rings is 2. The van der Waals surface area contributed by atoms with Gasteiger partial charge in [-0.3, -0.25) is 4.72 Å². The van der Waals surface area contributed by atoms with Crippen molar-refractivity contribution in [1.29, 1.82) is 0 Å². The van der Waals surface area contributed by atoms with Crippen LogP contribution in [-0.2, 0) is 16.2 Å². The van der Waals surface area contributed by atoms with Crippen molar-refractivity contribution in [3.63, 3.8) is 0 Å². The molecule has 2 aromatic carbocycles. The minimum Gasteiger partial charge on any atom is -0.279 e. The summed E-state index contributed by atoms with van der Waals surface area (Å²) in [6.45, 7) is 1.60. The third kappa shape index (κ3) is 3.99. The van der Waals surface area contributed by atoms with Gasteiger partial charge < -0.3 is 0 Å². The average Bonchev–Trinajstić information content (AvgIpc) is 2.42. The molecule has 0 aliphatic carbocycles. The van der Waals surface area contributed by atoms with Crippen molar-refractivity contribution in [3.05, 3.63) is 57.0 Å². The standard InChI is InChI=1S/C14H10BrClF3NO2S/c1-8-12(16)3-2-4-13(8)20-23(21,22)9-5-6-11(15)10(7-9)14(17,18)19/h2-7,20H,1H3. The van der Waals surface area contributed by atoms with E-state index in [1.54, 1.807) is 13.0 Å². The fourth-order valence-electron chi connectivity index (χ4n) is 1.81. The van der Waals surface area contributed by atoms with E-state index in [9.17, 15) is 21.6 Å². The minimum absolute atomic E-state index is 0.203. The van der Waals surface area contributed by atoms with Crippen molar-refractivity contribution in [1.82, 2.24) is 0 Å². The third-order valence-electron chi connectivity index (χ3n) is 3.07. The highest BCUT2D eigenvalue weighted by atomic mass is 79.9. The van der Waals surface area contributed by atoms with Crippen LogP contribution in [0.5, 0.6) is 0 Å². The molecule has 124 valence electrons. The van der Waals surface area contributed by atoms with Gasteiger partial charge in [0.2, 0.25) is 0 Å². The molecule has 0 saturated carbocycles. The number of hydrogen-bond acceptors (Lipinski definition) is 2. The van der Waals surface area contributed by atoms with Crippen LogP contribution in [0.3, 0.4) is 0 Å². The summed E-state index contributed by atoms with van der Waals surface area (Å²) in [5.41, 5.74) is -0.386. The van der Waals surface area contributed by atoms with Gasteiger partial charge in [-0.15, -0.1) is 0 Å². The summed E-state index contributed by atoms with van der Waals surface area (Å²) in [5, 5.41) is 0.344. The quantitative estimate of drug-likeness (QED) is 0.727. The first-order valence-corrected chi connectivity index (χ1v) is 8.82. The Kier molecular flexibility index (Phi) is 4.98. The molecule has 0 fully saturated rings. The second-order valence-electron chi connectivity index (χ2n) is 4.66. The van der Waals surface area contributed by atoms with E-state index in [0.29, 0.717) is 16.7 Å². The van der Waals surface area contributed by atoms with E-state index in [0.717, 1.165) is 12.1 Å². The van der Waals surface area contributed by atoms with E-state index < -0.39 is 26.7 Å². The van der Waals surface area contributed by atoms with Crippen LogP contribution in [0, 0.1) is 6.92 Å². The van der Waals surface area contributed by atoms with Gasteiger partial charge in [-0.1, -0.05) is 33.6 Å². The Balaban J connectivity index is 2.47. The van der Waals surface area contributed by atoms with Gasteiger partial charge in [0, 0.05) is 9.50 Å². The molecule has 0 aliphatic rings. The number of alkyl halides is 3. The van der Waals surface area contributed by atoms with Crippen LogP contribution in [-0.4, -0.2) is 8.42 Å². The maximum atomic E-state index is 12.9. The van der Waals surface area contributed by atoms with E-state index in [1.807, 2.05) is 0 Å². The fourth-order valence-corrected chi connectivity index (χ4v) is 3.61. The maximum absolute atomic E-state index is 12.9. The number of hydrogen-bond donors (Lipinski definition) is 1. The highest BCUT2D eigenvalue weighted by Crippen LogP contribution is 2.36. The molecule has 0 unspecified atom stereocenters. The molecule has 2 rings (SSSR count). The molecule has 2 aromatic rings. The van der Waals surface area contributed by atoms with Crippen molar-refractivity contribution in [2.24, 2.45) is 0 Å². The SMILES string of the molecule is Cc1c(Cl)cccc1NS(=O)(=O)c1ccc(Br)c(C(F)(F)F)c1. The average molecular weight is 429 g/mol. The lowest BCUT2D eigenvalue weighted by Gasteiger charge is -2.14. The van der Waals surface area contributed by atoms with Crippen molar-refractivity contribution in [3.8, 4) is 0 Å². The molecule has 9 heteroatoms. The second-order valence-corrected chi connectivity index (χ2v) is 7.60. The smallest absolute Gasteiger partial charge is 0.279 e. The summed E-state index contributed by atoms with van der Waals surface area (Å²) in [7, 11) is -4.18. The zero-order chi connectivity index (χ0) is 17.4. The van der Waals surface area contributed by atoms with Crippen molar-refractivity contribution < 1.29 is 21.6 Å². The van der Waals surface area contributed by atoms with E-state index in [-0.39, 0.29) is 10.2 Å². The topological polar surface area (TPSA) is 46.2 Å². The molecule has 0 spiro atoms. The molecular weight excluding hydrogens is 419 g/mol. The zero-order valence-electron chi connectivity index (χ0n) is 11.6. The normalized spacial score (nSPS) is 12.3. The summed E-state index contributed by atoms with van der Waals surface area (Å²) in [6.07, 6.45) is -4.67. The Bertz CT molecular complexity index is 854. The molecule has 0 atom stereocenters. The summed E-state index contributed by atoms with van der Waals surface area (Å²) in [6, 6.07) is 7.30. The Morgan fingerprint density at radius 3 is 2.43 bits per heavy atom. The maximum Gasteiger partial charge on any atom is 0.417 e. The number of halogens is 5. The lowest BCUT2D eigenvalue weighted by molar-refractivity contribution is -0.138.